The molecule has 0 saturated carbocycles. The molecular formula is C25H52. The van der Waals surface area contributed by atoms with Crippen LogP contribution >= 0.6 is 0 Å². The van der Waals surface area contributed by atoms with Crippen molar-refractivity contribution < 1.29 is 0 Å². The summed E-state index contributed by atoms with van der Waals surface area (Å²) in [6.07, 6.45) is 27.7. The average Bonchev–Trinajstić information content (AvgIpc) is 2.59. The highest BCUT2D eigenvalue weighted by Gasteiger charge is 2.08. The van der Waals surface area contributed by atoms with E-state index in [0.717, 1.165) is 11.8 Å². The molecule has 0 nitrogen and oxygen atoms in total. The van der Waals surface area contributed by atoms with Crippen LogP contribution in [0.4, 0.5) is 0 Å². The van der Waals surface area contributed by atoms with E-state index >= 15 is 0 Å². The number of hydrogen-bond acceptors (Lipinski definition) is 0. The summed E-state index contributed by atoms with van der Waals surface area (Å²) in [7, 11) is 0. The van der Waals surface area contributed by atoms with Gasteiger partial charge >= 0.3 is 0 Å². The average molecular weight is 353 g/mol. The van der Waals surface area contributed by atoms with Crippen molar-refractivity contribution in [3.05, 3.63) is 0 Å². The summed E-state index contributed by atoms with van der Waals surface area (Å²) in [6, 6.07) is 0. The van der Waals surface area contributed by atoms with Crippen LogP contribution in [-0.2, 0) is 0 Å². The quantitative estimate of drug-likeness (QED) is 0.191. The van der Waals surface area contributed by atoms with Gasteiger partial charge in [-0.1, -0.05) is 143 Å². The molecule has 0 bridgehead atoms. The summed E-state index contributed by atoms with van der Waals surface area (Å²) in [5, 5.41) is 0. The highest BCUT2D eigenvalue weighted by atomic mass is 14.1. The Morgan fingerprint density at radius 2 is 0.680 bits per heavy atom. The van der Waals surface area contributed by atoms with Gasteiger partial charge in [-0.3, -0.25) is 0 Å². The maximum Gasteiger partial charge on any atom is -0.0440 e. The molecule has 0 aliphatic rings. The number of hydrogen-bond donors (Lipinski definition) is 0. The third-order valence-corrected chi connectivity index (χ3v) is 5.91. The molecule has 0 amide bonds. The lowest BCUT2D eigenvalue weighted by Crippen LogP contribution is -2.03. The summed E-state index contributed by atoms with van der Waals surface area (Å²) < 4.78 is 0. The van der Waals surface area contributed by atoms with Crippen molar-refractivity contribution in [2.75, 3.05) is 0 Å². The fourth-order valence-corrected chi connectivity index (χ4v) is 4.18. The maximum absolute atomic E-state index is 2.49. The standard InChI is InChI=1S/C25H52/c1-5-7-9-11-13-15-17-19-21-24(3)23-25(4)22-20-18-16-14-12-10-8-6-2/h24-25H,5-23H2,1-4H3. The van der Waals surface area contributed by atoms with Crippen molar-refractivity contribution in [3.8, 4) is 0 Å². The topological polar surface area (TPSA) is 0 Å². The molecule has 0 aliphatic heterocycles. The van der Waals surface area contributed by atoms with Crippen LogP contribution in [0.5, 0.6) is 0 Å². The molecule has 0 aromatic carbocycles. The van der Waals surface area contributed by atoms with E-state index in [2.05, 4.69) is 27.7 Å². The third kappa shape index (κ3) is 20.2. The van der Waals surface area contributed by atoms with Gasteiger partial charge in [-0.05, 0) is 18.3 Å². The van der Waals surface area contributed by atoms with E-state index in [0.29, 0.717) is 0 Å². The Balaban J connectivity index is 3.31. The zero-order valence-corrected chi connectivity index (χ0v) is 18.6. The van der Waals surface area contributed by atoms with Crippen LogP contribution in [0.1, 0.15) is 150 Å². The van der Waals surface area contributed by atoms with E-state index in [1.54, 1.807) is 0 Å². The Bertz CT molecular complexity index is 208. The first-order valence-corrected chi connectivity index (χ1v) is 12.2. The van der Waals surface area contributed by atoms with Gasteiger partial charge in [0.15, 0.2) is 0 Å². The van der Waals surface area contributed by atoms with Crippen LogP contribution in [0.25, 0.3) is 0 Å². The molecule has 0 spiro atoms. The fraction of sp³-hybridized carbons (Fsp3) is 1.00. The highest BCUT2D eigenvalue weighted by Crippen LogP contribution is 2.23. The van der Waals surface area contributed by atoms with E-state index in [1.807, 2.05) is 0 Å². The predicted molar refractivity (Wildman–Crippen MR) is 117 cm³/mol. The van der Waals surface area contributed by atoms with Gasteiger partial charge in [0.2, 0.25) is 0 Å². The van der Waals surface area contributed by atoms with E-state index in [9.17, 15) is 0 Å². The first-order chi connectivity index (χ1) is 12.2. The first kappa shape index (κ1) is 25.0. The normalized spacial score (nSPS) is 13.9. The smallest absolute Gasteiger partial charge is 0.0440 e. The molecule has 0 aliphatic carbocycles. The Labute approximate surface area is 161 Å². The molecule has 25 heavy (non-hydrogen) atoms. The van der Waals surface area contributed by atoms with Gasteiger partial charge < -0.3 is 0 Å². The molecule has 152 valence electrons. The van der Waals surface area contributed by atoms with Crippen molar-refractivity contribution >= 4 is 0 Å². The van der Waals surface area contributed by atoms with Gasteiger partial charge in [-0.15, -0.1) is 0 Å². The van der Waals surface area contributed by atoms with Crippen molar-refractivity contribution in [2.45, 2.75) is 150 Å². The van der Waals surface area contributed by atoms with Gasteiger partial charge in [-0.2, -0.15) is 0 Å². The lowest BCUT2D eigenvalue weighted by molar-refractivity contribution is 0.356. The molecule has 0 rings (SSSR count). The van der Waals surface area contributed by atoms with E-state index in [1.165, 1.54) is 122 Å². The third-order valence-electron chi connectivity index (χ3n) is 5.91. The van der Waals surface area contributed by atoms with Gasteiger partial charge in [-0.25, -0.2) is 0 Å². The van der Waals surface area contributed by atoms with Crippen molar-refractivity contribution in [2.24, 2.45) is 11.8 Å². The molecule has 0 radical (unpaired) electrons. The second-order valence-corrected chi connectivity index (χ2v) is 8.97. The molecular weight excluding hydrogens is 300 g/mol. The Morgan fingerprint density at radius 3 is 1.00 bits per heavy atom. The molecule has 0 heteroatoms. The summed E-state index contributed by atoms with van der Waals surface area (Å²) in [6.45, 7) is 9.59. The number of unbranched alkanes of at least 4 members (excludes halogenated alkanes) is 14. The zero-order chi connectivity index (χ0) is 18.6. The van der Waals surface area contributed by atoms with Gasteiger partial charge in [0.25, 0.3) is 0 Å². The molecule has 2 unspecified atom stereocenters. The highest BCUT2D eigenvalue weighted by molar-refractivity contribution is 4.61. The first-order valence-electron chi connectivity index (χ1n) is 12.2. The van der Waals surface area contributed by atoms with Gasteiger partial charge in [0.1, 0.15) is 0 Å². The van der Waals surface area contributed by atoms with Crippen molar-refractivity contribution in [3.63, 3.8) is 0 Å². The molecule has 0 saturated heterocycles. The maximum atomic E-state index is 2.49. The Hall–Kier alpha value is 0. The minimum Gasteiger partial charge on any atom is -0.0654 e. The van der Waals surface area contributed by atoms with Crippen molar-refractivity contribution in [1.82, 2.24) is 0 Å². The number of rotatable bonds is 20. The van der Waals surface area contributed by atoms with E-state index in [-0.39, 0.29) is 0 Å². The minimum absolute atomic E-state index is 0.948. The Morgan fingerprint density at radius 1 is 0.400 bits per heavy atom. The largest absolute Gasteiger partial charge is 0.0654 e. The van der Waals surface area contributed by atoms with Crippen LogP contribution < -0.4 is 0 Å². The summed E-state index contributed by atoms with van der Waals surface area (Å²) in [5.74, 6) is 1.90. The summed E-state index contributed by atoms with van der Waals surface area (Å²) in [5.41, 5.74) is 0. The van der Waals surface area contributed by atoms with Crippen LogP contribution in [0.3, 0.4) is 0 Å². The summed E-state index contributed by atoms with van der Waals surface area (Å²) >= 11 is 0. The SMILES string of the molecule is CCCCCCCCCCC(C)CC(C)CCCCCCCCCC. The molecule has 0 aromatic heterocycles. The monoisotopic (exact) mass is 352 g/mol. The van der Waals surface area contributed by atoms with E-state index < -0.39 is 0 Å². The molecule has 0 aromatic rings. The lowest BCUT2D eigenvalue weighted by Gasteiger charge is -2.17. The van der Waals surface area contributed by atoms with Gasteiger partial charge in [0.05, 0.1) is 0 Å². The second-order valence-electron chi connectivity index (χ2n) is 8.97. The van der Waals surface area contributed by atoms with Crippen LogP contribution in [0, 0.1) is 11.8 Å². The lowest BCUT2D eigenvalue weighted by atomic mass is 9.89. The Kier molecular flexibility index (Phi) is 20.3. The van der Waals surface area contributed by atoms with E-state index in [4.69, 9.17) is 0 Å². The summed E-state index contributed by atoms with van der Waals surface area (Å²) in [4.78, 5) is 0. The zero-order valence-electron chi connectivity index (χ0n) is 18.6. The van der Waals surface area contributed by atoms with Gasteiger partial charge in [0, 0.05) is 0 Å². The molecule has 0 fully saturated rings. The van der Waals surface area contributed by atoms with Crippen LogP contribution in [0.15, 0.2) is 0 Å². The molecule has 0 N–H and O–H groups in total. The fourth-order valence-electron chi connectivity index (χ4n) is 4.18. The molecule has 0 heterocycles. The minimum atomic E-state index is 0.948. The van der Waals surface area contributed by atoms with Crippen LogP contribution in [-0.4, -0.2) is 0 Å². The van der Waals surface area contributed by atoms with Crippen molar-refractivity contribution in [1.29, 1.82) is 0 Å². The van der Waals surface area contributed by atoms with Crippen LogP contribution in [0.2, 0.25) is 0 Å². The second kappa shape index (κ2) is 20.3. The predicted octanol–water partition coefficient (Wildman–Crippen LogP) is 9.71. The molecule has 2 atom stereocenters.